The first-order chi connectivity index (χ1) is 11.6. The van der Waals surface area contributed by atoms with Gasteiger partial charge in [0.15, 0.2) is 0 Å². The predicted molar refractivity (Wildman–Crippen MR) is 96.1 cm³/mol. The van der Waals surface area contributed by atoms with Crippen molar-refractivity contribution in [3.05, 3.63) is 29.8 Å². The Hall–Kier alpha value is -2.37. The van der Waals surface area contributed by atoms with Crippen molar-refractivity contribution in [3.63, 3.8) is 0 Å². The average Bonchev–Trinajstić information content (AvgIpc) is 2.83. The number of nitrogens with one attached hydrogen (secondary N) is 2. The molecule has 0 heterocycles. The quantitative estimate of drug-likeness (QED) is 0.384. The SMILES string of the molecule is CN(C)c1ccc(C=NNC(=O)C(=O)NC2CCCCCC2)cc1. The van der Waals surface area contributed by atoms with Crippen molar-refractivity contribution in [1.29, 1.82) is 0 Å². The van der Waals surface area contributed by atoms with Crippen LogP contribution in [0.2, 0.25) is 0 Å². The van der Waals surface area contributed by atoms with E-state index in [1.54, 1.807) is 0 Å². The zero-order valence-corrected chi connectivity index (χ0v) is 14.4. The minimum absolute atomic E-state index is 0.105. The van der Waals surface area contributed by atoms with Gasteiger partial charge in [0.05, 0.1) is 6.21 Å². The van der Waals surface area contributed by atoms with Crippen molar-refractivity contribution >= 4 is 23.7 Å². The summed E-state index contributed by atoms with van der Waals surface area (Å²) in [6, 6.07) is 7.82. The highest BCUT2D eigenvalue weighted by Gasteiger charge is 2.19. The number of rotatable bonds is 4. The monoisotopic (exact) mass is 330 g/mol. The lowest BCUT2D eigenvalue weighted by atomic mass is 10.1. The molecule has 0 radical (unpaired) electrons. The summed E-state index contributed by atoms with van der Waals surface area (Å²) in [5.74, 6) is -1.33. The molecular weight excluding hydrogens is 304 g/mol. The van der Waals surface area contributed by atoms with E-state index in [-0.39, 0.29) is 6.04 Å². The minimum Gasteiger partial charge on any atom is -0.378 e. The molecule has 0 saturated heterocycles. The summed E-state index contributed by atoms with van der Waals surface area (Å²) in [6.07, 6.45) is 8.03. The average molecular weight is 330 g/mol. The summed E-state index contributed by atoms with van der Waals surface area (Å²) in [5.41, 5.74) is 4.22. The number of hydrogen-bond donors (Lipinski definition) is 2. The Bertz CT molecular complexity index is 573. The van der Waals surface area contributed by atoms with Crippen LogP contribution in [-0.4, -0.2) is 38.2 Å². The second-order valence-electron chi connectivity index (χ2n) is 6.35. The molecule has 0 aliphatic heterocycles. The Morgan fingerprint density at radius 3 is 2.25 bits per heavy atom. The first kappa shape index (κ1) is 18.0. The molecule has 24 heavy (non-hydrogen) atoms. The van der Waals surface area contributed by atoms with E-state index in [1.165, 1.54) is 19.1 Å². The molecule has 2 amide bonds. The van der Waals surface area contributed by atoms with Gasteiger partial charge < -0.3 is 10.2 Å². The van der Waals surface area contributed by atoms with E-state index in [0.29, 0.717) is 0 Å². The second kappa shape index (κ2) is 9.05. The maximum atomic E-state index is 11.9. The van der Waals surface area contributed by atoms with Crippen molar-refractivity contribution in [3.8, 4) is 0 Å². The summed E-state index contributed by atoms with van der Waals surface area (Å²) in [5, 5.41) is 6.65. The van der Waals surface area contributed by atoms with E-state index in [1.807, 2.05) is 43.3 Å². The lowest BCUT2D eigenvalue weighted by Gasteiger charge is -2.15. The van der Waals surface area contributed by atoms with Gasteiger partial charge in [-0.15, -0.1) is 0 Å². The molecule has 0 spiro atoms. The second-order valence-corrected chi connectivity index (χ2v) is 6.35. The number of benzene rings is 1. The molecule has 0 atom stereocenters. The fourth-order valence-corrected chi connectivity index (χ4v) is 2.75. The van der Waals surface area contributed by atoms with E-state index in [0.717, 1.165) is 36.9 Å². The topological polar surface area (TPSA) is 73.8 Å². The normalized spacial score (nSPS) is 15.8. The number of anilines is 1. The predicted octanol–water partition coefficient (Wildman–Crippen LogP) is 2.04. The van der Waals surface area contributed by atoms with Crippen LogP contribution in [0, 0.1) is 0 Å². The Morgan fingerprint density at radius 1 is 1.04 bits per heavy atom. The molecule has 0 unspecified atom stereocenters. The van der Waals surface area contributed by atoms with E-state index >= 15 is 0 Å². The van der Waals surface area contributed by atoms with Gasteiger partial charge in [0.25, 0.3) is 0 Å². The molecule has 130 valence electrons. The van der Waals surface area contributed by atoms with Crippen LogP contribution >= 0.6 is 0 Å². The van der Waals surface area contributed by atoms with Gasteiger partial charge in [-0.25, -0.2) is 5.43 Å². The number of carbonyl (C=O) groups is 2. The Morgan fingerprint density at radius 2 is 1.67 bits per heavy atom. The Labute approximate surface area is 143 Å². The zero-order valence-electron chi connectivity index (χ0n) is 14.4. The molecule has 6 nitrogen and oxygen atoms in total. The molecule has 1 saturated carbocycles. The van der Waals surface area contributed by atoms with Gasteiger partial charge in [-0.3, -0.25) is 9.59 Å². The maximum Gasteiger partial charge on any atom is 0.329 e. The van der Waals surface area contributed by atoms with Crippen LogP contribution < -0.4 is 15.6 Å². The first-order valence-electron chi connectivity index (χ1n) is 8.47. The fourth-order valence-electron chi connectivity index (χ4n) is 2.75. The van der Waals surface area contributed by atoms with Crippen LogP contribution in [0.1, 0.15) is 44.1 Å². The standard InChI is InChI=1S/C18H26N4O2/c1-22(2)16-11-9-14(10-12-16)13-19-21-18(24)17(23)20-15-7-5-3-4-6-8-15/h9-13,15H,3-8H2,1-2H3,(H,20,23)(H,21,24). The summed E-state index contributed by atoms with van der Waals surface area (Å²) in [6.45, 7) is 0. The molecule has 0 bridgehead atoms. The van der Waals surface area contributed by atoms with E-state index in [9.17, 15) is 9.59 Å². The number of carbonyl (C=O) groups excluding carboxylic acids is 2. The molecule has 1 aromatic rings. The highest BCUT2D eigenvalue weighted by Crippen LogP contribution is 2.17. The van der Waals surface area contributed by atoms with Crippen LogP contribution in [0.5, 0.6) is 0 Å². The molecular formula is C18H26N4O2. The van der Waals surface area contributed by atoms with Gasteiger partial charge in [0.1, 0.15) is 0 Å². The third-order valence-corrected chi connectivity index (χ3v) is 4.19. The summed E-state index contributed by atoms with van der Waals surface area (Å²) in [4.78, 5) is 25.7. The highest BCUT2D eigenvalue weighted by molar-refractivity contribution is 6.35. The third-order valence-electron chi connectivity index (χ3n) is 4.19. The molecule has 1 aliphatic carbocycles. The maximum absolute atomic E-state index is 11.9. The van der Waals surface area contributed by atoms with Crippen molar-refractivity contribution in [2.75, 3.05) is 19.0 Å². The summed E-state index contributed by atoms with van der Waals surface area (Å²) >= 11 is 0. The van der Waals surface area contributed by atoms with Gasteiger partial charge in [0, 0.05) is 25.8 Å². The van der Waals surface area contributed by atoms with Crippen LogP contribution in [0.4, 0.5) is 5.69 Å². The number of hydrogen-bond acceptors (Lipinski definition) is 4. The lowest BCUT2D eigenvalue weighted by molar-refractivity contribution is -0.139. The summed E-state index contributed by atoms with van der Waals surface area (Å²) in [7, 11) is 3.94. The number of amides is 2. The van der Waals surface area contributed by atoms with Crippen LogP contribution in [0.25, 0.3) is 0 Å². The first-order valence-corrected chi connectivity index (χ1v) is 8.47. The molecule has 0 aromatic heterocycles. The number of nitrogens with zero attached hydrogens (tertiary/aromatic N) is 2. The van der Waals surface area contributed by atoms with Crippen LogP contribution in [-0.2, 0) is 9.59 Å². The van der Waals surface area contributed by atoms with Gasteiger partial charge in [-0.1, -0.05) is 37.8 Å². The van der Waals surface area contributed by atoms with Crippen molar-refractivity contribution in [2.45, 2.75) is 44.6 Å². The van der Waals surface area contributed by atoms with Crippen molar-refractivity contribution in [2.24, 2.45) is 5.10 Å². The van der Waals surface area contributed by atoms with Crippen LogP contribution in [0.15, 0.2) is 29.4 Å². The molecule has 2 N–H and O–H groups in total. The minimum atomic E-state index is -0.722. The van der Waals surface area contributed by atoms with Crippen molar-refractivity contribution < 1.29 is 9.59 Å². The largest absolute Gasteiger partial charge is 0.378 e. The summed E-state index contributed by atoms with van der Waals surface area (Å²) < 4.78 is 0. The van der Waals surface area contributed by atoms with Crippen molar-refractivity contribution in [1.82, 2.24) is 10.7 Å². The van der Waals surface area contributed by atoms with Crippen LogP contribution in [0.3, 0.4) is 0 Å². The molecule has 1 aromatic carbocycles. The molecule has 1 aliphatic rings. The van der Waals surface area contributed by atoms with E-state index in [2.05, 4.69) is 15.8 Å². The highest BCUT2D eigenvalue weighted by atomic mass is 16.2. The van der Waals surface area contributed by atoms with E-state index < -0.39 is 11.8 Å². The van der Waals surface area contributed by atoms with E-state index in [4.69, 9.17) is 0 Å². The van der Waals surface area contributed by atoms with Gasteiger partial charge >= 0.3 is 11.8 Å². The van der Waals surface area contributed by atoms with Gasteiger partial charge in [-0.05, 0) is 30.5 Å². The smallest absolute Gasteiger partial charge is 0.329 e. The lowest BCUT2D eigenvalue weighted by Crippen LogP contribution is -2.43. The van der Waals surface area contributed by atoms with Gasteiger partial charge in [0.2, 0.25) is 0 Å². The Balaban J connectivity index is 1.79. The number of hydrazone groups is 1. The fraction of sp³-hybridized carbons (Fsp3) is 0.500. The molecule has 2 rings (SSSR count). The zero-order chi connectivity index (χ0) is 17.4. The Kier molecular flexibility index (Phi) is 6.78. The molecule has 6 heteroatoms. The molecule has 1 fully saturated rings. The van der Waals surface area contributed by atoms with Gasteiger partial charge in [-0.2, -0.15) is 5.10 Å². The third kappa shape index (κ3) is 5.68.